The van der Waals surface area contributed by atoms with Gasteiger partial charge in [-0.25, -0.2) is 4.79 Å². The van der Waals surface area contributed by atoms with Crippen LogP contribution in [0.2, 0.25) is 0 Å². The molecule has 0 rings (SSSR count). The van der Waals surface area contributed by atoms with Gasteiger partial charge in [-0.3, -0.25) is 4.79 Å². The largest absolute Gasteiger partial charge is 0.480 e. The Kier molecular flexibility index (Phi) is 8.07. The van der Waals surface area contributed by atoms with Gasteiger partial charge in [-0.05, 0) is 30.8 Å². The summed E-state index contributed by atoms with van der Waals surface area (Å²) in [6.07, 6.45) is 3.59. The molecule has 0 aliphatic carbocycles. The number of amides is 1. The van der Waals surface area contributed by atoms with E-state index in [-0.39, 0.29) is 5.91 Å². The Morgan fingerprint density at radius 3 is 2.38 bits per heavy atom. The van der Waals surface area contributed by atoms with Crippen LogP contribution in [-0.4, -0.2) is 35.0 Å². The van der Waals surface area contributed by atoms with Crippen LogP contribution in [0.5, 0.6) is 0 Å². The number of rotatable bonds is 8. The van der Waals surface area contributed by atoms with E-state index in [2.05, 4.69) is 5.32 Å². The molecule has 0 fully saturated rings. The fraction of sp³-hybridized carbons (Fsp3) is 0.818. The van der Waals surface area contributed by atoms with E-state index >= 15 is 0 Å². The molecule has 0 spiro atoms. The van der Waals surface area contributed by atoms with Crippen LogP contribution in [0.1, 0.15) is 33.1 Å². The van der Waals surface area contributed by atoms with Crippen molar-refractivity contribution in [2.24, 2.45) is 5.92 Å². The monoisotopic (exact) mass is 247 g/mol. The third-order valence-corrected chi connectivity index (χ3v) is 2.84. The van der Waals surface area contributed by atoms with Crippen molar-refractivity contribution in [1.29, 1.82) is 0 Å². The van der Waals surface area contributed by atoms with Crippen LogP contribution in [-0.2, 0) is 9.59 Å². The molecular formula is C11H21NO3S. The van der Waals surface area contributed by atoms with Crippen molar-refractivity contribution in [2.75, 3.05) is 12.0 Å². The molecule has 2 N–H and O–H groups in total. The van der Waals surface area contributed by atoms with Gasteiger partial charge in [-0.15, -0.1) is 0 Å². The van der Waals surface area contributed by atoms with Crippen molar-refractivity contribution >= 4 is 23.6 Å². The van der Waals surface area contributed by atoms with Gasteiger partial charge >= 0.3 is 5.97 Å². The van der Waals surface area contributed by atoms with Gasteiger partial charge in [-0.1, -0.05) is 13.8 Å². The van der Waals surface area contributed by atoms with Crippen molar-refractivity contribution < 1.29 is 14.7 Å². The lowest BCUT2D eigenvalue weighted by Gasteiger charge is -2.14. The summed E-state index contributed by atoms with van der Waals surface area (Å²) in [4.78, 5) is 22.3. The van der Waals surface area contributed by atoms with Gasteiger partial charge in [0.2, 0.25) is 5.91 Å². The summed E-state index contributed by atoms with van der Waals surface area (Å²) in [5.74, 6) is 0.0795. The van der Waals surface area contributed by atoms with E-state index < -0.39 is 12.0 Å². The van der Waals surface area contributed by atoms with Crippen LogP contribution in [0.25, 0.3) is 0 Å². The molecule has 1 atom stereocenters. The molecule has 1 amide bonds. The number of carbonyl (C=O) groups is 2. The fourth-order valence-electron chi connectivity index (χ4n) is 1.18. The average molecular weight is 247 g/mol. The van der Waals surface area contributed by atoms with Crippen LogP contribution in [0.15, 0.2) is 0 Å². The van der Waals surface area contributed by atoms with Crippen molar-refractivity contribution in [2.45, 2.75) is 39.2 Å². The molecule has 0 saturated carbocycles. The number of aliphatic carboxylic acids is 1. The number of carboxylic acids is 1. The Balaban J connectivity index is 3.98. The molecule has 5 heteroatoms. The number of thioether (sulfide) groups is 1. The zero-order chi connectivity index (χ0) is 12.6. The molecule has 0 aromatic rings. The van der Waals surface area contributed by atoms with Gasteiger partial charge in [0.25, 0.3) is 0 Å². The van der Waals surface area contributed by atoms with Gasteiger partial charge in [-0.2, -0.15) is 11.8 Å². The predicted octanol–water partition coefficient (Wildman–Crippen LogP) is 1.75. The Labute approximate surface area is 101 Å². The first-order valence-corrected chi connectivity index (χ1v) is 6.87. The maximum Gasteiger partial charge on any atom is 0.326 e. The highest BCUT2D eigenvalue weighted by Gasteiger charge is 2.18. The van der Waals surface area contributed by atoms with Gasteiger partial charge in [0.05, 0.1) is 0 Å². The Morgan fingerprint density at radius 2 is 1.94 bits per heavy atom. The highest BCUT2D eigenvalue weighted by molar-refractivity contribution is 7.98. The summed E-state index contributed by atoms with van der Waals surface area (Å²) in [5, 5.41) is 11.5. The smallest absolute Gasteiger partial charge is 0.326 e. The average Bonchev–Trinajstić information content (AvgIpc) is 2.20. The lowest BCUT2D eigenvalue weighted by molar-refractivity contribution is -0.141. The van der Waals surface area contributed by atoms with E-state index in [1.165, 1.54) is 0 Å². The Bertz CT molecular complexity index is 231. The minimum atomic E-state index is -0.952. The molecule has 0 heterocycles. The molecule has 0 aromatic carbocycles. The van der Waals surface area contributed by atoms with Crippen molar-refractivity contribution in [3.63, 3.8) is 0 Å². The summed E-state index contributed by atoms with van der Waals surface area (Å²) in [5.41, 5.74) is 0. The molecule has 0 bridgehead atoms. The molecule has 0 aliphatic rings. The number of nitrogens with one attached hydrogen (secondary N) is 1. The summed E-state index contributed by atoms with van der Waals surface area (Å²) in [7, 11) is 0. The first kappa shape index (κ1) is 15.3. The number of carbonyl (C=O) groups excluding carboxylic acids is 1. The van der Waals surface area contributed by atoms with E-state index in [1.807, 2.05) is 20.1 Å². The first-order valence-electron chi connectivity index (χ1n) is 5.48. The van der Waals surface area contributed by atoms with Crippen LogP contribution >= 0.6 is 11.8 Å². The first-order chi connectivity index (χ1) is 7.47. The van der Waals surface area contributed by atoms with E-state index in [9.17, 15) is 9.59 Å². The van der Waals surface area contributed by atoms with E-state index in [4.69, 9.17) is 5.11 Å². The van der Waals surface area contributed by atoms with Gasteiger partial charge in [0.15, 0.2) is 0 Å². The van der Waals surface area contributed by atoms with E-state index in [1.54, 1.807) is 11.8 Å². The minimum absolute atomic E-state index is 0.165. The minimum Gasteiger partial charge on any atom is -0.480 e. The molecule has 0 radical (unpaired) electrons. The van der Waals surface area contributed by atoms with Crippen molar-refractivity contribution in [1.82, 2.24) is 5.32 Å². The highest BCUT2D eigenvalue weighted by Crippen LogP contribution is 2.05. The summed E-state index contributed by atoms with van der Waals surface area (Å²) in [6.45, 7) is 4.07. The van der Waals surface area contributed by atoms with Gasteiger partial charge in [0, 0.05) is 6.42 Å². The van der Waals surface area contributed by atoms with E-state index in [0.29, 0.717) is 18.8 Å². The normalized spacial score (nSPS) is 12.5. The predicted molar refractivity (Wildman–Crippen MR) is 66.6 cm³/mol. The molecule has 0 aromatic heterocycles. The highest BCUT2D eigenvalue weighted by atomic mass is 32.2. The van der Waals surface area contributed by atoms with E-state index in [0.717, 1.165) is 12.2 Å². The van der Waals surface area contributed by atoms with Gasteiger partial charge < -0.3 is 10.4 Å². The number of hydrogen-bond donors (Lipinski definition) is 2. The third kappa shape index (κ3) is 7.56. The van der Waals surface area contributed by atoms with Crippen molar-refractivity contribution in [3.8, 4) is 0 Å². The third-order valence-electron chi connectivity index (χ3n) is 2.19. The van der Waals surface area contributed by atoms with Crippen LogP contribution in [0.4, 0.5) is 0 Å². The zero-order valence-electron chi connectivity index (χ0n) is 10.2. The molecule has 94 valence electrons. The Hall–Kier alpha value is -0.710. The molecular weight excluding hydrogens is 226 g/mol. The maximum absolute atomic E-state index is 11.4. The zero-order valence-corrected chi connectivity index (χ0v) is 11.0. The number of carboxylic acid groups (broad SMARTS) is 1. The summed E-state index contributed by atoms with van der Waals surface area (Å²) in [6, 6.07) is -0.743. The number of hydrogen-bond acceptors (Lipinski definition) is 3. The molecule has 4 nitrogen and oxygen atoms in total. The second kappa shape index (κ2) is 8.44. The van der Waals surface area contributed by atoms with Crippen LogP contribution < -0.4 is 5.32 Å². The molecule has 0 saturated heterocycles. The van der Waals surface area contributed by atoms with Gasteiger partial charge in [0.1, 0.15) is 6.04 Å². The second-order valence-electron chi connectivity index (χ2n) is 4.17. The fourth-order valence-corrected chi connectivity index (χ4v) is 1.65. The van der Waals surface area contributed by atoms with Crippen LogP contribution in [0, 0.1) is 5.92 Å². The molecule has 0 unspecified atom stereocenters. The topological polar surface area (TPSA) is 66.4 Å². The SMILES string of the molecule is CSCC[C@@H](NC(=O)CCC(C)C)C(=O)O. The summed E-state index contributed by atoms with van der Waals surface area (Å²) < 4.78 is 0. The molecule has 0 aliphatic heterocycles. The summed E-state index contributed by atoms with van der Waals surface area (Å²) >= 11 is 1.58. The standard InChI is InChI=1S/C11H21NO3S/c1-8(2)4-5-10(13)12-9(11(14)15)6-7-16-3/h8-9H,4-7H2,1-3H3,(H,12,13)(H,14,15)/t9-/m1/s1. The Morgan fingerprint density at radius 1 is 1.31 bits per heavy atom. The van der Waals surface area contributed by atoms with Crippen molar-refractivity contribution in [3.05, 3.63) is 0 Å². The quantitative estimate of drug-likeness (QED) is 0.685. The lowest BCUT2D eigenvalue weighted by Crippen LogP contribution is -2.41. The van der Waals surface area contributed by atoms with Crippen LogP contribution in [0.3, 0.4) is 0 Å². The molecule has 16 heavy (non-hydrogen) atoms. The lowest BCUT2D eigenvalue weighted by atomic mass is 10.1. The maximum atomic E-state index is 11.4. The second-order valence-corrected chi connectivity index (χ2v) is 5.16.